The number of halogens is 1. The first kappa shape index (κ1) is 13.3. The average molecular weight is 269 g/mol. The fourth-order valence-corrected chi connectivity index (χ4v) is 1.95. The first-order valence-corrected chi connectivity index (χ1v) is 6.48. The molecule has 1 amide bonds. The Morgan fingerprint density at radius 1 is 1.44 bits per heavy atom. The number of nitrogens with one attached hydrogen (secondary N) is 2. The molecule has 98 valence electrons. The van der Waals surface area contributed by atoms with E-state index in [1.807, 2.05) is 24.3 Å². The first-order chi connectivity index (χ1) is 8.75. The molecule has 1 atom stereocenters. The molecule has 0 aromatic heterocycles. The number of morpholine rings is 1. The van der Waals surface area contributed by atoms with Gasteiger partial charge in [0, 0.05) is 24.7 Å². The maximum Gasteiger partial charge on any atom is 0.250 e. The summed E-state index contributed by atoms with van der Waals surface area (Å²) in [5.41, 5.74) is 1.15. The number of rotatable bonds is 4. The fourth-order valence-electron chi connectivity index (χ4n) is 1.83. The lowest BCUT2D eigenvalue weighted by Gasteiger charge is -2.22. The summed E-state index contributed by atoms with van der Waals surface area (Å²) in [6.45, 7) is 2.61. The molecule has 18 heavy (non-hydrogen) atoms. The molecule has 1 saturated heterocycles. The Bertz CT molecular complexity index is 388. The van der Waals surface area contributed by atoms with Gasteiger partial charge in [-0.15, -0.1) is 0 Å². The SMILES string of the molecule is O=C(NCCc1ccc(Cl)cc1)C1CNCCO1. The Hall–Kier alpha value is -1.10. The third-order valence-corrected chi connectivity index (χ3v) is 3.10. The zero-order valence-electron chi connectivity index (χ0n) is 10.1. The monoisotopic (exact) mass is 268 g/mol. The van der Waals surface area contributed by atoms with Gasteiger partial charge < -0.3 is 15.4 Å². The van der Waals surface area contributed by atoms with Crippen LogP contribution < -0.4 is 10.6 Å². The molecule has 2 N–H and O–H groups in total. The lowest BCUT2D eigenvalue weighted by molar-refractivity contribution is -0.134. The fraction of sp³-hybridized carbons (Fsp3) is 0.462. The number of carbonyl (C=O) groups excluding carboxylic acids is 1. The highest BCUT2D eigenvalue weighted by Gasteiger charge is 2.20. The van der Waals surface area contributed by atoms with Gasteiger partial charge in [-0.2, -0.15) is 0 Å². The van der Waals surface area contributed by atoms with Gasteiger partial charge in [-0.1, -0.05) is 23.7 Å². The van der Waals surface area contributed by atoms with E-state index in [0.717, 1.165) is 23.6 Å². The second-order valence-electron chi connectivity index (χ2n) is 4.23. The number of amides is 1. The second-order valence-corrected chi connectivity index (χ2v) is 4.67. The van der Waals surface area contributed by atoms with Gasteiger partial charge in [0.25, 0.3) is 0 Å². The molecule has 0 radical (unpaired) electrons. The van der Waals surface area contributed by atoms with Crippen LogP contribution in [0.15, 0.2) is 24.3 Å². The molecule has 0 aliphatic carbocycles. The quantitative estimate of drug-likeness (QED) is 0.856. The van der Waals surface area contributed by atoms with Crippen molar-refractivity contribution in [3.05, 3.63) is 34.9 Å². The number of hydrogen-bond donors (Lipinski definition) is 2. The molecule has 0 spiro atoms. The van der Waals surface area contributed by atoms with Crippen molar-refractivity contribution in [2.75, 3.05) is 26.2 Å². The van der Waals surface area contributed by atoms with E-state index in [1.165, 1.54) is 0 Å². The second kappa shape index (κ2) is 6.73. The maximum absolute atomic E-state index is 11.7. The molecule has 1 aromatic rings. The molecule has 1 aliphatic heterocycles. The van der Waals surface area contributed by atoms with E-state index in [2.05, 4.69) is 10.6 Å². The van der Waals surface area contributed by atoms with Crippen LogP contribution >= 0.6 is 11.6 Å². The van der Waals surface area contributed by atoms with E-state index < -0.39 is 0 Å². The minimum Gasteiger partial charge on any atom is -0.366 e. The molecule has 1 heterocycles. The molecular weight excluding hydrogens is 252 g/mol. The summed E-state index contributed by atoms with van der Waals surface area (Å²) in [5.74, 6) is -0.0452. The van der Waals surface area contributed by atoms with Crippen LogP contribution in [0.1, 0.15) is 5.56 Å². The Balaban J connectivity index is 1.71. The van der Waals surface area contributed by atoms with Crippen LogP contribution in [0.5, 0.6) is 0 Å². The third kappa shape index (κ3) is 3.98. The van der Waals surface area contributed by atoms with Gasteiger partial charge in [-0.25, -0.2) is 0 Å². The standard InChI is InChI=1S/C13H17ClN2O2/c14-11-3-1-10(2-4-11)5-6-16-13(17)12-9-15-7-8-18-12/h1-4,12,15H,5-9H2,(H,16,17). The van der Waals surface area contributed by atoms with Gasteiger partial charge in [0.1, 0.15) is 6.10 Å². The summed E-state index contributed by atoms with van der Waals surface area (Å²) >= 11 is 5.80. The molecule has 0 bridgehead atoms. The smallest absolute Gasteiger partial charge is 0.250 e. The van der Waals surface area contributed by atoms with Crippen LogP contribution in [0.3, 0.4) is 0 Å². The maximum atomic E-state index is 11.7. The Kier molecular flexibility index (Phi) is 4.99. The average Bonchev–Trinajstić information content (AvgIpc) is 2.42. The summed E-state index contributed by atoms with van der Waals surface area (Å²) < 4.78 is 5.37. The van der Waals surface area contributed by atoms with Crippen LogP contribution in [0.2, 0.25) is 5.02 Å². The molecular formula is C13H17ClN2O2. The topological polar surface area (TPSA) is 50.4 Å². The molecule has 0 saturated carbocycles. The van der Waals surface area contributed by atoms with E-state index in [9.17, 15) is 4.79 Å². The zero-order chi connectivity index (χ0) is 12.8. The Morgan fingerprint density at radius 2 is 2.22 bits per heavy atom. The lowest BCUT2D eigenvalue weighted by Crippen LogP contribution is -2.48. The summed E-state index contributed by atoms with van der Waals surface area (Å²) in [4.78, 5) is 11.7. The zero-order valence-corrected chi connectivity index (χ0v) is 10.9. The van der Waals surface area contributed by atoms with Crippen LogP contribution in [-0.4, -0.2) is 38.3 Å². The van der Waals surface area contributed by atoms with E-state index >= 15 is 0 Å². The highest BCUT2D eigenvalue weighted by Crippen LogP contribution is 2.09. The molecule has 1 aliphatic rings. The van der Waals surface area contributed by atoms with Crippen molar-refractivity contribution in [1.82, 2.24) is 10.6 Å². The van der Waals surface area contributed by atoms with Crippen molar-refractivity contribution in [2.24, 2.45) is 0 Å². The van der Waals surface area contributed by atoms with Crippen LogP contribution in [0.25, 0.3) is 0 Å². The number of carbonyl (C=O) groups is 1. The minimum atomic E-state index is -0.357. The predicted molar refractivity (Wildman–Crippen MR) is 70.8 cm³/mol. The van der Waals surface area contributed by atoms with Gasteiger partial charge in [0.05, 0.1) is 6.61 Å². The van der Waals surface area contributed by atoms with Gasteiger partial charge in [-0.3, -0.25) is 4.79 Å². The lowest BCUT2D eigenvalue weighted by atomic mass is 10.1. The van der Waals surface area contributed by atoms with Crippen LogP contribution in [0, 0.1) is 0 Å². The number of hydrogen-bond acceptors (Lipinski definition) is 3. The highest BCUT2D eigenvalue weighted by molar-refractivity contribution is 6.30. The number of benzene rings is 1. The van der Waals surface area contributed by atoms with Crippen molar-refractivity contribution in [3.63, 3.8) is 0 Å². The molecule has 1 aromatic carbocycles. The summed E-state index contributed by atoms with van der Waals surface area (Å²) in [6, 6.07) is 7.64. The minimum absolute atomic E-state index is 0.0452. The normalized spacial score (nSPS) is 19.5. The van der Waals surface area contributed by atoms with Crippen molar-refractivity contribution in [1.29, 1.82) is 0 Å². The third-order valence-electron chi connectivity index (χ3n) is 2.85. The van der Waals surface area contributed by atoms with Crippen molar-refractivity contribution >= 4 is 17.5 Å². The summed E-state index contributed by atoms with van der Waals surface area (Å²) in [7, 11) is 0. The summed E-state index contributed by atoms with van der Waals surface area (Å²) in [6.07, 6.45) is 0.437. The largest absolute Gasteiger partial charge is 0.366 e. The van der Waals surface area contributed by atoms with Crippen molar-refractivity contribution < 1.29 is 9.53 Å². The molecule has 5 heteroatoms. The van der Waals surface area contributed by atoms with Crippen LogP contribution in [-0.2, 0) is 16.0 Å². The van der Waals surface area contributed by atoms with Crippen molar-refractivity contribution in [3.8, 4) is 0 Å². The highest BCUT2D eigenvalue weighted by atomic mass is 35.5. The van der Waals surface area contributed by atoms with Gasteiger partial charge in [-0.05, 0) is 24.1 Å². The number of ether oxygens (including phenoxy) is 1. The summed E-state index contributed by atoms with van der Waals surface area (Å²) in [5, 5.41) is 6.73. The predicted octanol–water partition coefficient (Wildman–Crippen LogP) is 0.987. The van der Waals surface area contributed by atoms with Gasteiger partial charge in [0.15, 0.2) is 0 Å². The molecule has 4 nitrogen and oxygen atoms in total. The first-order valence-electron chi connectivity index (χ1n) is 6.10. The van der Waals surface area contributed by atoms with E-state index in [4.69, 9.17) is 16.3 Å². The van der Waals surface area contributed by atoms with E-state index in [1.54, 1.807) is 0 Å². The molecule has 2 rings (SSSR count). The molecule has 1 unspecified atom stereocenters. The van der Waals surface area contributed by atoms with Gasteiger partial charge >= 0.3 is 0 Å². The Morgan fingerprint density at radius 3 is 2.89 bits per heavy atom. The van der Waals surface area contributed by atoms with Crippen LogP contribution in [0.4, 0.5) is 0 Å². The van der Waals surface area contributed by atoms with E-state index in [0.29, 0.717) is 19.7 Å². The van der Waals surface area contributed by atoms with E-state index in [-0.39, 0.29) is 12.0 Å². The van der Waals surface area contributed by atoms with Gasteiger partial charge in [0.2, 0.25) is 5.91 Å². The van der Waals surface area contributed by atoms with Crippen molar-refractivity contribution in [2.45, 2.75) is 12.5 Å². The molecule has 1 fully saturated rings. The Labute approximate surface area is 112 Å².